The average molecular weight is 275 g/mol. The van der Waals surface area contributed by atoms with E-state index >= 15 is 0 Å². The Labute approximate surface area is 117 Å². The molecule has 5 heteroatoms. The van der Waals surface area contributed by atoms with E-state index in [0.29, 0.717) is 0 Å². The van der Waals surface area contributed by atoms with Gasteiger partial charge in [0.25, 0.3) is 5.79 Å². The molecule has 0 unspecified atom stereocenters. The lowest BCUT2D eigenvalue weighted by Crippen LogP contribution is -2.42. The summed E-state index contributed by atoms with van der Waals surface area (Å²) in [6.07, 6.45) is 2.17. The number of aryl methyl sites for hydroxylation is 1. The molecule has 0 saturated carbocycles. The van der Waals surface area contributed by atoms with Gasteiger partial charge in [-0.25, -0.2) is 9.59 Å². The van der Waals surface area contributed by atoms with Crippen molar-refractivity contribution in [2.45, 2.75) is 33.0 Å². The summed E-state index contributed by atoms with van der Waals surface area (Å²) in [6, 6.07) is 7.66. The zero-order valence-electron chi connectivity index (χ0n) is 11.7. The Balaban J connectivity index is 2.19. The SMILES string of the molecule is CCc1ccccc1NC=C1C(=O)OC(C)(C)OC1=O. The standard InChI is InChI=1S/C15H17NO4/c1-4-10-7-5-6-8-12(10)16-9-11-13(17)19-15(2,3)20-14(11)18/h5-9,16H,4H2,1-3H3. The van der Waals surface area contributed by atoms with Crippen LogP contribution in [0.4, 0.5) is 5.69 Å². The number of hydrogen-bond donors (Lipinski definition) is 1. The van der Waals surface area contributed by atoms with Gasteiger partial charge in [0.05, 0.1) is 0 Å². The van der Waals surface area contributed by atoms with Gasteiger partial charge in [-0.1, -0.05) is 25.1 Å². The Morgan fingerprint density at radius 3 is 2.35 bits per heavy atom. The molecule has 5 nitrogen and oxygen atoms in total. The number of hydrogen-bond acceptors (Lipinski definition) is 5. The first-order chi connectivity index (χ1) is 9.43. The summed E-state index contributed by atoms with van der Waals surface area (Å²) in [5.74, 6) is -2.59. The summed E-state index contributed by atoms with van der Waals surface area (Å²) in [7, 11) is 0. The number of cyclic esters (lactones) is 2. The highest BCUT2D eigenvalue weighted by Crippen LogP contribution is 2.23. The zero-order chi connectivity index (χ0) is 14.8. The van der Waals surface area contributed by atoms with Crippen molar-refractivity contribution in [2.24, 2.45) is 0 Å². The van der Waals surface area contributed by atoms with E-state index < -0.39 is 17.7 Å². The molecule has 106 valence electrons. The summed E-state index contributed by atoms with van der Waals surface area (Å²) in [5, 5.41) is 2.96. The van der Waals surface area contributed by atoms with Gasteiger partial charge < -0.3 is 14.8 Å². The molecular weight excluding hydrogens is 258 g/mol. The fraction of sp³-hybridized carbons (Fsp3) is 0.333. The maximum absolute atomic E-state index is 11.8. The minimum Gasteiger partial charge on any atom is -0.419 e. The second-order valence-corrected chi connectivity index (χ2v) is 4.89. The van der Waals surface area contributed by atoms with E-state index in [0.717, 1.165) is 17.7 Å². The van der Waals surface area contributed by atoms with Crippen LogP contribution in [0.15, 0.2) is 36.0 Å². The second-order valence-electron chi connectivity index (χ2n) is 4.89. The van der Waals surface area contributed by atoms with Crippen LogP contribution in [0.3, 0.4) is 0 Å². The number of carbonyl (C=O) groups is 2. The van der Waals surface area contributed by atoms with E-state index in [4.69, 9.17) is 9.47 Å². The Kier molecular flexibility index (Phi) is 3.79. The molecule has 20 heavy (non-hydrogen) atoms. The van der Waals surface area contributed by atoms with Crippen molar-refractivity contribution in [1.82, 2.24) is 0 Å². The van der Waals surface area contributed by atoms with Gasteiger partial charge in [0.15, 0.2) is 5.57 Å². The number of esters is 2. The molecule has 1 heterocycles. The minimum absolute atomic E-state index is 0.143. The van der Waals surface area contributed by atoms with Crippen molar-refractivity contribution in [3.63, 3.8) is 0 Å². The van der Waals surface area contributed by atoms with E-state index in [2.05, 4.69) is 5.32 Å². The van der Waals surface area contributed by atoms with Crippen LogP contribution in [0.25, 0.3) is 0 Å². The Morgan fingerprint density at radius 2 is 1.75 bits per heavy atom. The van der Waals surface area contributed by atoms with Crippen molar-refractivity contribution >= 4 is 17.6 Å². The average Bonchev–Trinajstić information content (AvgIpc) is 2.36. The number of para-hydroxylation sites is 1. The third-order valence-electron chi connectivity index (χ3n) is 2.89. The molecule has 1 aliphatic heterocycles. The summed E-state index contributed by atoms with van der Waals surface area (Å²) < 4.78 is 10.0. The lowest BCUT2D eigenvalue weighted by Gasteiger charge is -2.29. The van der Waals surface area contributed by atoms with Gasteiger partial charge in [0.2, 0.25) is 0 Å². The van der Waals surface area contributed by atoms with Crippen molar-refractivity contribution in [1.29, 1.82) is 0 Å². The summed E-state index contributed by atoms with van der Waals surface area (Å²) in [5.41, 5.74) is 1.78. The highest BCUT2D eigenvalue weighted by Gasteiger charge is 2.38. The number of carbonyl (C=O) groups excluding carboxylic acids is 2. The van der Waals surface area contributed by atoms with Crippen LogP contribution in [-0.2, 0) is 25.5 Å². The number of rotatable bonds is 3. The predicted molar refractivity (Wildman–Crippen MR) is 73.8 cm³/mol. The van der Waals surface area contributed by atoms with E-state index in [-0.39, 0.29) is 5.57 Å². The minimum atomic E-state index is -1.22. The van der Waals surface area contributed by atoms with Crippen LogP contribution in [-0.4, -0.2) is 17.7 Å². The smallest absolute Gasteiger partial charge is 0.350 e. The second kappa shape index (κ2) is 5.36. The third kappa shape index (κ3) is 2.99. The monoisotopic (exact) mass is 275 g/mol. The van der Waals surface area contributed by atoms with Gasteiger partial charge in [-0.15, -0.1) is 0 Å². The first-order valence-electron chi connectivity index (χ1n) is 6.44. The fourth-order valence-electron chi connectivity index (χ4n) is 1.90. The number of ether oxygens (including phenoxy) is 2. The molecular formula is C15H17NO4. The molecule has 1 fully saturated rings. The molecule has 1 aromatic carbocycles. The van der Waals surface area contributed by atoms with Gasteiger partial charge in [0, 0.05) is 25.7 Å². The van der Waals surface area contributed by atoms with Crippen LogP contribution in [0, 0.1) is 0 Å². The van der Waals surface area contributed by atoms with E-state index in [1.165, 1.54) is 20.0 Å². The van der Waals surface area contributed by atoms with Crippen LogP contribution >= 0.6 is 0 Å². The summed E-state index contributed by atoms with van der Waals surface area (Å²) in [4.78, 5) is 23.5. The lowest BCUT2D eigenvalue weighted by molar-refractivity contribution is -0.222. The zero-order valence-corrected chi connectivity index (χ0v) is 11.7. The number of nitrogens with one attached hydrogen (secondary N) is 1. The van der Waals surface area contributed by atoms with Crippen molar-refractivity contribution in [3.05, 3.63) is 41.6 Å². The normalized spacial score (nSPS) is 17.2. The first-order valence-corrected chi connectivity index (χ1v) is 6.44. The van der Waals surface area contributed by atoms with E-state index in [1.54, 1.807) is 0 Å². The molecule has 0 amide bonds. The topological polar surface area (TPSA) is 64.6 Å². The molecule has 0 bridgehead atoms. The van der Waals surface area contributed by atoms with Gasteiger partial charge in [-0.3, -0.25) is 0 Å². The van der Waals surface area contributed by atoms with Gasteiger partial charge in [-0.2, -0.15) is 0 Å². The predicted octanol–water partition coefficient (Wildman–Crippen LogP) is 2.38. The van der Waals surface area contributed by atoms with Crippen LogP contribution in [0.1, 0.15) is 26.3 Å². The van der Waals surface area contributed by atoms with Crippen LogP contribution in [0.2, 0.25) is 0 Å². The highest BCUT2D eigenvalue weighted by molar-refractivity contribution is 6.15. The van der Waals surface area contributed by atoms with Crippen LogP contribution < -0.4 is 5.32 Å². The Morgan fingerprint density at radius 1 is 1.15 bits per heavy atom. The Bertz CT molecular complexity index is 553. The van der Waals surface area contributed by atoms with Gasteiger partial charge in [0.1, 0.15) is 0 Å². The highest BCUT2D eigenvalue weighted by atomic mass is 16.7. The molecule has 0 aromatic heterocycles. The molecule has 1 saturated heterocycles. The molecule has 0 spiro atoms. The molecule has 2 rings (SSSR count). The van der Waals surface area contributed by atoms with Crippen molar-refractivity contribution in [2.75, 3.05) is 5.32 Å². The van der Waals surface area contributed by atoms with E-state index in [9.17, 15) is 9.59 Å². The fourth-order valence-corrected chi connectivity index (χ4v) is 1.90. The maximum Gasteiger partial charge on any atom is 0.350 e. The molecule has 1 aliphatic rings. The molecule has 0 aliphatic carbocycles. The van der Waals surface area contributed by atoms with Gasteiger partial charge in [-0.05, 0) is 18.1 Å². The molecule has 1 N–H and O–H groups in total. The quantitative estimate of drug-likeness (QED) is 0.521. The molecule has 1 aromatic rings. The maximum atomic E-state index is 11.8. The molecule has 0 atom stereocenters. The summed E-state index contributed by atoms with van der Waals surface area (Å²) >= 11 is 0. The van der Waals surface area contributed by atoms with Crippen LogP contribution in [0.5, 0.6) is 0 Å². The van der Waals surface area contributed by atoms with Crippen molar-refractivity contribution in [3.8, 4) is 0 Å². The number of benzene rings is 1. The largest absolute Gasteiger partial charge is 0.419 e. The first kappa shape index (κ1) is 14.1. The Hall–Kier alpha value is -2.30. The molecule has 0 radical (unpaired) electrons. The van der Waals surface area contributed by atoms with E-state index in [1.807, 2.05) is 31.2 Å². The third-order valence-corrected chi connectivity index (χ3v) is 2.89. The number of anilines is 1. The summed E-state index contributed by atoms with van der Waals surface area (Å²) in [6.45, 7) is 5.05. The van der Waals surface area contributed by atoms with Gasteiger partial charge >= 0.3 is 11.9 Å². The lowest BCUT2D eigenvalue weighted by atomic mass is 10.1. The van der Waals surface area contributed by atoms with Crippen molar-refractivity contribution < 1.29 is 19.1 Å².